The standard InChI is InChI=1S/C39H45N11O7/c40-50-44-18-22-57-26-25-55-20-16-42-36(53)29-9-11-31(12-10-29)45-38-47-37(48-39(49-38)46-32-13-14-33-30(27-32)7-4-8-34(33)51)43-17-21-56-24-23-54-19-15-41-35(52)28-5-2-1-3-6-28/h1-14,27,51H,15-26H2,(H,41,52)(H,42,53)(H3,43,45,46,47,48,49). The number of fused-ring (bicyclic) bond motifs is 1. The number of aromatic nitrogens is 3. The number of hydrogen-bond acceptors (Lipinski definition) is 14. The molecule has 0 radical (unpaired) electrons. The molecular formula is C39H45N11O7. The number of azide groups is 1. The molecule has 0 spiro atoms. The van der Waals surface area contributed by atoms with Crippen LogP contribution in [0, 0.1) is 0 Å². The van der Waals surface area contributed by atoms with Crippen molar-refractivity contribution in [2.75, 3.05) is 95.0 Å². The number of rotatable bonds is 25. The summed E-state index contributed by atoms with van der Waals surface area (Å²) in [6.07, 6.45) is 0. The second-order valence-corrected chi connectivity index (χ2v) is 12.1. The van der Waals surface area contributed by atoms with Gasteiger partial charge in [0.15, 0.2) is 0 Å². The van der Waals surface area contributed by atoms with Crippen LogP contribution in [0.4, 0.5) is 29.2 Å². The van der Waals surface area contributed by atoms with Gasteiger partial charge in [-0.25, -0.2) is 0 Å². The molecular weight excluding hydrogens is 734 g/mol. The Morgan fingerprint density at radius 3 is 1.82 bits per heavy atom. The number of anilines is 5. The zero-order chi connectivity index (χ0) is 39.9. The molecule has 0 aliphatic rings. The molecule has 0 bridgehead atoms. The molecule has 298 valence electrons. The van der Waals surface area contributed by atoms with E-state index >= 15 is 0 Å². The van der Waals surface area contributed by atoms with Crippen molar-refractivity contribution >= 4 is 51.8 Å². The lowest BCUT2D eigenvalue weighted by Crippen LogP contribution is -2.27. The predicted molar refractivity (Wildman–Crippen MR) is 215 cm³/mol. The number of aromatic hydroxyl groups is 1. The normalized spacial score (nSPS) is 10.7. The topological polar surface area (TPSA) is 239 Å². The molecule has 0 aliphatic heterocycles. The first-order chi connectivity index (χ1) is 28.0. The number of phenols is 1. The van der Waals surface area contributed by atoms with E-state index in [0.717, 1.165) is 10.8 Å². The molecule has 0 fully saturated rings. The summed E-state index contributed by atoms with van der Waals surface area (Å²) in [4.78, 5) is 41.1. The third kappa shape index (κ3) is 14.6. The molecule has 1 aromatic heterocycles. The third-order valence-electron chi connectivity index (χ3n) is 7.92. The van der Waals surface area contributed by atoms with Gasteiger partial charge in [-0.3, -0.25) is 9.59 Å². The molecule has 2 amide bonds. The van der Waals surface area contributed by atoms with E-state index in [2.05, 4.69) is 51.6 Å². The fourth-order valence-electron chi connectivity index (χ4n) is 5.17. The monoisotopic (exact) mass is 779 g/mol. The van der Waals surface area contributed by atoms with Gasteiger partial charge in [0.2, 0.25) is 17.8 Å². The highest BCUT2D eigenvalue weighted by atomic mass is 16.5. The Labute approximate surface area is 329 Å². The van der Waals surface area contributed by atoms with Gasteiger partial charge >= 0.3 is 0 Å². The van der Waals surface area contributed by atoms with E-state index < -0.39 is 0 Å². The molecule has 18 heteroatoms. The number of amides is 2. The van der Waals surface area contributed by atoms with Gasteiger partial charge in [-0.2, -0.15) is 15.0 Å². The van der Waals surface area contributed by atoms with E-state index in [9.17, 15) is 14.7 Å². The van der Waals surface area contributed by atoms with E-state index in [4.69, 9.17) is 24.5 Å². The second-order valence-electron chi connectivity index (χ2n) is 12.1. The van der Waals surface area contributed by atoms with Gasteiger partial charge < -0.3 is 50.6 Å². The number of carbonyl (C=O) groups is 2. The number of ether oxygens (including phenoxy) is 4. The Morgan fingerprint density at radius 2 is 1.18 bits per heavy atom. The molecule has 6 N–H and O–H groups in total. The van der Waals surface area contributed by atoms with Crippen molar-refractivity contribution in [1.82, 2.24) is 25.6 Å². The molecule has 1 heterocycles. The van der Waals surface area contributed by atoms with E-state index in [1.807, 2.05) is 42.5 Å². The molecule has 0 saturated heterocycles. The van der Waals surface area contributed by atoms with E-state index in [1.54, 1.807) is 48.5 Å². The van der Waals surface area contributed by atoms with Crippen LogP contribution in [-0.2, 0) is 18.9 Å². The summed E-state index contributed by atoms with van der Waals surface area (Å²) >= 11 is 0. The maximum absolute atomic E-state index is 12.7. The Hall–Kier alpha value is -6.56. The highest BCUT2D eigenvalue weighted by Crippen LogP contribution is 2.28. The second kappa shape index (κ2) is 23.4. The minimum absolute atomic E-state index is 0.147. The summed E-state index contributed by atoms with van der Waals surface area (Å²) in [5.41, 5.74) is 10.7. The van der Waals surface area contributed by atoms with Crippen molar-refractivity contribution in [1.29, 1.82) is 0 Å². The summed E-state index contributed by atoms with van der Waals surface area (Å²) < 4.78 is 22.0. The lowest BCUT2D eigenvalue weighted by atomic mass is 10.1. The van der Waals surface area contributed by atoms with E-state index in [1.165, 1.54) is 0 Å². The minimum Gasteiger partial charge on any atom is -0.507 e. The summed E-state index contributed by atoms with van der Waals surface area (Å²) in [7, 11) is 0. The van der Waals surface area contributed by atoms with Crippen molar-refractivity contribution in [2.24, 2.45) is 5.11 Å². The van der Waals surface area contributed by atoms with Crippen LogP contribution in [-0.4, -0.2) is 111 Å². The van der Waals surface area contributed by atoms with Gasteiger partial charge in [0.1, 0.15) is 5.75 Å². The SMILES string of the molecule is [N-]=[N+]=NCCOCCOCCNC(=O)c1ccc(Nc2nc(NCCOCCOCCNC(=O)c3ccccc3)nc(Nc3ccc4c(O)cccc4c3)n2)cc1. The average molecular weight is 780 g/mol. The zero-order valence-electron chi connectivity index (χ0n) is 31.2. The van der Waals surface area contributed by atoms with Crippen LogP contribution >= 0.6 is 0 Å². The van der Waals surface area contributed by atoms with Crippen molar-refractivity contribution in [3.8, 4) is 5.75 Å². The molecule has 0 saturated carbocycles. The third-order valence-corrected chi connectivity index (χ3v) is 7.92. The Morgan fingerprint density at radius 1 is 0.614 bits per heavy atom. The van der Waals surface area contributed by atoms with E-state index in [-0.39, 0.29) is 36.0 Å². The number of nitrogens with one attached hydrogen (secondary N) is 5. The van der Waals surface area contributed by atoms with Crippen molar-refractivity contribution in [3.63, 3.8) is 0 Å². The summed E-state index contributed by atoms with van der Waals surface area (Å²) in [5.74, 6) is 0.597. The first kappa shape index (κ1) is 41.6. The van der Waals surface area contributed by atoms with Crippen LogP contribution in [0.2, 0.25) is 0 Å². The van der Waals surface area contributed by atoms with Crippen LogP contribution in [0.15, 0.2) is 96.1 Å². The molecule has 0 atom stereocenters. The van der Waals surface area contributed by atoms with Gasteiger partial charge in [0.05, 0.1) is 52.9 Å². The van der Waals surface area contributed by atoms with Gasteiger partial charge in [0, 0.05) is 59.0 Å². The Bertz CT molecular complexity index is 2070. The summed E-state index contributed by atoms with van der Waals surface area (Å²) in [5, 5.41) is 30.4. The van der Waals surface area contributed by atoms with Gasteiger partial charge in [-0.15, -0.1) is 0 Å². The van der Waals surface area contributed by atoms with Gasteiger partial charge in [-0.05, 0) is 71.6 Å². The molecule has 5 aromatic rings. The predicted octanol–water partition coefficient (Wildman–Crippen LogP) is 5.17. The number of carbonyl (C=O) groups excluding carboxylic acids is 2. The zero-order valence-corrected chi connectivity index (χ0v) is 31.2. The van der Waals surface area contributed by atoms with Crippen molar-refractivity contribution in [2.45, 2.75) is 0 Å². The van der Waals surface area contributed by atoms with Crippen LogP contribution < -0.4 is 26.6 Å². The van der Waals surface area contributed by atoms with Gasteiger partial charge in [0.25, 0.3) is 11.8 Å². The molecule has 57 heavy (non-hydrogen) atoms. The fraction of sp³-hybridized carbons (Fsp3) is 0.308. The highest BCUT2D eigenvalue weighted by Gasteiger charge is 2.11. The average Bonchev–Trinajstić information content (AvgIpc) is 3.22. The summed E-state index contributed by atoms with van der Waals surface area (Å²) in [6.45, 7) is 4.17. The number of benzene rings is 4. The fourth-order valence-corrected chi connectivity index (χ4v) is 5.17. The largest absolute Gasteiger partial charge is 0.507 e. The maximum Gasteiger partial charge on any atom is 0.251 e. The Balaban J connectivity index is 1.09. The minimum atomic E-state index is -0.251. The lowest BCUT2D eigenvalue weighted by Gasteiger charge is -2.13. The summed E-state index contributed by atoms with van der Waals surface area (Å²) in [6, 6.07) is 26.7. The van der Waals surface area contributed by atoms with Crippen LogP contribution in [0.25, 0.3) is 21.2 Å². The molecule has 18 nitrogen and oxygen atoms in total. The first-order valence-corrected chi connectivity index (χ1v) is 18.3. The molecule has 0 aliphatic carbocycles. The van der Waals surface area contributed by atoms with Crippen molar-refractivity contribution in [3.05, 3.63) is 113 Å². The quantitative estimate of drug-likeness (QED) is 0.0194. The van der Waals surface area contributed by atoms with E-state index in [0.29, 0.717) is 101 Å². The molecule has 5 rings (SSSR count). The first-order valence-electron chi connectivity index (χ1n) is 18.3. The molecule has 0 unspecified atom stereocenters. The smallest absolute Gasteiger partial charge is 0.251 e. The number of phenolic OH excluding ortho intramolecular Hbond substituents is 1. The Kier molecular flexibility index (Phi) is 17.1. The van der Waals surface area contributed by atoms with Crippen LogP contribution in [0.5, 0.6) is 5.75 Å². The molecule has 4 aromatic carbocycles. The highest BCUT2D eigenvalue weighted by molar-refractivity contribution is 5.95. The van der Waals surface area contributed by atoms with Crippen LogP contribution in [0.3, 0.4) is 0 Å². The maximum atomic E-state index is 12.7. The lowest BCUT2D eigenvalue weighted by molar-refractivity contribution is 0.0511. The number of hydrogen-bond donors (Lipinski definition) is 6. The van der Waals surface area contributed by atoms with Gasteiger partial charge in [-0.1, -0.05) is 35.4 Å². The van der Waals surface area contributed by atoms with Crippen molar-refractivity contribution < 1.29 is 33.6 Å². The number of nitrogens with zero attached hydrogens (tertiary/aromatic N) is 6. The van der Waals surface area contributed by atoms with Crippen LogP contribution in [0.1, 0.15) is 20.7 Å².